The predicted octanol–water partition coefficient (Wildman–Crippen LogP) is 3.05. The van der Waals surface area contributed by atoms with Gasteiger partial charge in [0.15, 0.2) is 0 Å². The van der Waals surface area contributed by atoms with Crippen molar-refractivity contribution in [2.24, 2.45) is 0 Å². The van der Waals surface area contributed by atoms with E-state index in [0.29, 0.717) is 5.56 Å². The Kier molecular flexibility index (Phi) is 3.75. The van der Waals surface area contributed by atoms with Gasteiger partial charge in [-0.3, -0.25) is 10.1 Å². The smallest absolute Gasteiger partial charge is 0.276 e. The van der Waals surface area contributed by atoms with Crippen LogP contribution < -0.4 is 0 Å². The zero-order valence-electron chi connectivity index (χ0n) is 9.71. The third-order valence-corrected chi connectivity index (χ3v) is 2.99. The average molecular weight is 232 g/mol. The SMILES string of the molecule is O=[N+]([O-])c1ccccc1C=CN1CCCCC1. The molecule has 0 N–H and O–H groups in total. The Labute approximate surface area is 101 Å². The highest BCUT2D eigenvalue weighted by Gasteiger charge is 2.10. The molecule has 0 atom stereocenters. The fourth-order valence-electron chi connectivity index (χ4n) is 2.05. The van der Waals surface area contributed by atoms with Crippen LogP contribution in [-0.4, -0.2) is 22.9 Å². The molecular formula is C13H16N2O2. The number of piperidine rings is 1. The maximum atomic E-state index is 10.8. The first kappa shape index (κ1) is 11.6. The molecule has 1 saturated heterocycles. The molecule has 1 aromatic rings. The summed E-state index contributed by atoms with van der Waals surface area (Å²) in [6.45, 7) is 2.11. The molecule has 0 saturated carbocycles. The molecule has 1 aliphatic rings. The molecule has 0 spiro atoms. The Morgan fingerprint density at radius 3 is 2.59 bits per heavy atom. The average Bonchev–Trinajstić information content (AvgIpc) is 2.38. The fraction of sp³-hybridized carbons (Fsp3) is 0.385. The van der Waals surface area contributed by atoms with E-state index >= 15 is 0 Å². The van der Waals surface area contributed by atoms with Crippen LogP contribution in [0.5, 0.6) is 0 Å². The van der Waals surface area contributed by atoms with E-state index in [-0.39, 0.29) is 10.6 Å². The Morgan fingerprint density at radius 1 is 1.18 bits per heavy atom. The molecule has 17 heavy (non-hydrogen) atoms. The summed E-state index contributed by atoms with van der Waals surface area (Å²) < 4.78 is 0. The Hall–Kier alpha value is -1.84. The number of nitro benzene ring substituents is 1. The minimum absolute atomic E-state index is 0.167. The van der Waals surface area contributed by atoms with Crippen LogP contribution in [0.1, 0.15) is 24.8 Å². The van der Waals surface area contributed by atoms with Gasteiger partial charge in [0.1, 0.15) is 0 Å². The maximum absolute atomic E-state index is 10.8. The lowest BCUT2D eigenvalue weighted by Crippen LogP contribution is -2.23. The quantitative estimate of drug-likeness (QED) is 0.594. The monoisotopic (exact) mass is 232 g/mol. The van der Waals surface area contributed by atoms with Crippen molar-refractivity contribution in [2.75, 3.05) is 13.1 Å². The number of nitrogens with zero attached hydrogens (tertiary/aromatic N) is 2. The Balaban J connectivity index is 2.11. The van der Waals surface area contributed by atoms with Crippen molar-refractivity contribution in [1.82, 2.24) is 4.90 Å². The summed E-state index contributed by atoms with van der Waals surface area (Å²) in [4.78, 5) is 12.7. The molecule has 1 aliphatic heterocycles. The molecule has 4 heteroatoms. The van der Waals surface area contributed by atoms with Crippen LogP contribution in [0.3, 0.4) is 0 Å². The summed E-state index contributed by atoms with van der Waals surface area (Å²) in [7, 11) is 0. The molecule has 1 aromatic carbocycles. The van der Waals surface area contributed by atoms with Gasteiger partial charge in [-0.05, 0) is 37.6 Å². The van der Waals surface area contributed by atoms with Crippen LogP contribution in [0.2, 0.25) is 0 Å². The van der Waals surface area contributed by atoms with E-state index in [0.717, 1.165) is 13.1 Å². The summed E-state index contributed by atoms with van der Waals surface area (Å²) in [5, 5.41) is 10.8. The highest BCUT2D eigenvalue weighted by Crippen LogP contribution is 2.19. The highest BCUT2D eigenvalue weighted by molar-refractivity contribution is 5.60. The van der Waals surface area contributed by atoms with Gasteiger partial charge in [-0.15, -0.1) is 0 Å². The van der Waals surface area contributed by atoms with E-state index in [1.165, 1.54) is 25.3 Å². The molecule has 0 radical (unpaired) electrons. The molecule has 0 aromatic heterocycles. The summed E-state index contributed by atoms with van der Waals surface area (Å²) >= 11 is 0. The molecule has 0 bridgehead atoms. The lowest BCUT2D eigenvalue weighted by Gasteiger charge is -2.24. The van der Waals surface area contributed by atoms with E-state index in [2.05, 4.69) is 4.90 Å². The topological polar surface area (TPSA) is 46.4 Å². The molecule has 1 fully saturated rings. The normalized spacial score (nSPS) is 16.4. The first-order chi connectivity index (χ1) is 8.27. The van der Waals surface area contributed by atoms with Crippen LogP contribution in [0.25, 0.3) is 6.08 Å². The van der Waals surface area contributed by atoms with E-state index in [9.17, 15) is 10.1 Å². The minimum Gasteiger partial charge on any atom is -0.377 e. The first-order valence-electron chi connectivity index (χ1n) is 5.93. The van der Waals surface area contributed by atoms with Crippen LogP contribution in [-0.2, 0) is 0 Å². The summed E-state index contributed by atoms with van der Waals surface area (Å²) in [5.74, 6) is 0. The predicted molar refractivity (Wildman–Crippen MR) is 67.6 cm³/mol. The number of benzene rings is 1. The lowest BCUT2D eigenvalue weighted by atomic mass is 10.1. The Bertz CT molecular complexity index is 423. The molecule has 2 rings (SSSR count). The minimum atomic E-state index is -0.337. The van der Waals surface area contributed by atoms with Crippen LogP contribution in [0, 0.1) is 10.1 Å². The van der Waals surface area contributed by atoms with Crippen LogP contribution >= 0.6 is 0 Å². The highest BCUT2D eigenvalue weighted by atomic mass is 16.6. The lowest BCUT2D eigenvalue weighted by molar-refractivity contribution is -0.385. The molecule has 0 aliphatic carbocycles. The standard InChI is InChI=1S/C13H16N2O2/c16-15(17)13-7-3-2-6-12(13)8-11-14-9-4-1-5-10-14/h2-3,6-8,11H,1,4-5,9-10H2. The molecule has 4 nitrogen and oxygen atoms in total. The Morgan fingerprint density at radius 2 is 1.88 bits per heavy atom. The van der Waals surface area contributed by atoms with Crippen LogP contribution in [0.15, 0.2) is 30.5 Å². The van der Waals surface area contributed by atoms with Gasteiger partial charge in [0.25, 0.3) is 5.69 Å². The second kappa shape index (κ2) is 5.48. The van der Waals surface area contributed by atoms with Gasteiger partial charge in [-0.2, -0.15) is 0 Å². The second-order valence-electron chi connectivity index (χ2n) is 4.23. The third kappa shape index (κ3) is 3.06. The van der Waals surface area contributed by atoms with Crippen molar-refractivity contribution in [3.63, 3.8) is 0 Å². The zero-order chi connectivity index (χ0) is 12.1. The molecule has 0 amide bonds. The number of nitro groups is 1. The van der Waals surface area contributed by atoms with Crippen molar-refractivity contribution < 1.29 is 4.92 Å². The van der Waals surface area contributed by atoms with E-state index in [1.54, 1.807) is 12.1 Å². The van der Waals surface area contributed by atoms with Crippen molar-refractivity contribution in [3.05, 3.63) is 46.1 Å². The summed E-state index contributed by atoms with van der Waals surface area (Å²) in [6.07, 6.45) is 7.52. The van der Waals surface area contributed by atoms with E-state index in [1.807, 2.05) is 18.3 Å². The van der Waals surface area contributed by atoms with Gasteiger partial charge in [-0.25, -0.2) is 0 Å². The van der Waals surface area contributed by atoms with E-state index in [4.69, 9.17) is 0 Å². The van der Waals surface area contributed by atoms with Gasteiger partial charge in [0, 0.05) is 19.2 Å². The number of rotatable bonds is 3. The summed E-state index contributed by atoms with van der Waals surface area (Å²) in [6, 6.07) is 6.83. The zero-order valence-corrected chi connectivity index (χ0v) is 9.71. The molecule has 0 unspecified atom stereocenters. The number of para-hydroxylation sites is 1. The maximum Gasteiger partial charge on any atom is 0.276 e. The van der Waals surface area contributed by atoms with Crippen molar-refractivity contribution in [1.29, 1.82) is 0 Å². The fourth-order valence-corrected chi connectivity index (χ4v) is 2.05. The number of hydrogen-bond donors (Lipinski definition) is 0. The van der Waals surface area contributed by atoms with Gasteiger partial charge >= 0.3 is 0 Å². The van der Waals surface area contributed by atoms with Gasteiger partial charge in [-0.1, -0.05) is 12.1 Å². The van der Waals surface area contributed by atoms with Crippen molar-refractivity contribution in [2.45, 2.75) is 19.3 Å². The van der Waals surface area contributed by atoms with Gasteiger partial charge < -0.3 is 4.90 Å². The van der Waals surface area contributed by atoms with Gasteiger partial charge in [0.2, 0.25) is 0 Å². The molecule has 90 valence electrons. The summed E-state index contributed by atoms with van der Waals surface area (Å²) in [5.41, 5.74) is 0.837. The first-order valence-corrected chi connectivity index (χ1v) is 5.93. The van der Waals surface area contributed by atoms with Gasteiger partial charge in [0.05, 0.1) is 10.5 Å². The van der Waals surface area contributed by atoms with Crippen molar-refractivity contribution in [3.8, 4) is 0 Å². The number of likely N-dealkylation sites (tertiary alicyclic amines) is 1. The largest absolute Gasteiger partial charge is 0.377 e. The third-order valence-electron chi connectivity index (χ3n) is 2.99. The second-order valence-corrected chi connectivity index (χ2v) is 4.23. The van der Waals surface area contributed by atoms with E-state index < -0.39 is 0 Å². The number of hydrogen-bond acceptors (Lipinski definition) is 3. The molecule has 1 heterocycles. The van der Waals surface area contributed by atoms with Crippen LogP contribution in [0.4, 0.5) is 5.69 Å². The molecular weight excluding hydrogens is 216 g/mol. The van der Waals surface area contributed by atoms with Crippen molar-refractivity contribution >= 4 is 11.8 Å².